The van der Waals surface area contributed by atoms with Crippen LogP contribution in [0.25, 0.3) is 0 Å². The molecule has 1 N–H and O–H groups in total. The highest BCUT2D eigenvalue weighted by atomic mass is 14.9. The van der Waals surface area contributed by atoms with E-state index in [1.54, 1.807) is 5.56 Å². The third kappa shape index (κ3) is 4.85. The van der Waals surface area contributed by atoms with E-state index in [0.717, 1.165) is 17.8 Å². The van der Waals surface area contributed by atoms with E-state index in [1.807, 2.05) is 0 Å². The van der Waals surface area contributed by atoms with Gasteiger partial charge in [-0.2, -0.15) is 0 Å². The summed E-state index contributed by atoms with van der Waals surface area (Å²) in [7, 11) is 0. The summed E-state index contributed by atoms with van der Waals surface area (Å²) in [6.45, 7) is 10.2. The lowest BCUT2D eigenvalue weighted by atomic mass is 9.70. The van der Waals surface area contributed by atoms with Crippen LogP contribution in [0.5, 0.6) is 0 Å². The Kier molecular flexibility index (Phi) is 6.29. The molecule has 2 rings (SSSR count). The molecule has 0 heterocycles. The highest BCUT2D eigenvalue weighted by molar-refractivity contribution is 5.25. The lowest BCUT2D eigenvalue weighted by Crippen LogP contribution is -2.35. The Hall–Kier alpha value is -0.820. The summed E-state index contributed by atoms with van der Waals surface area (Å²) in [5.74, 6) is 2.50. The molecule has 1 aromatic carbocycles. The number of nitrogens with one attached hydrogen (secondary N) is 1. The van der Waals surface area contributed by atoms with E-state index in [1.165, 1.54) is 44.2 Å². The van der Waals surface area contributed by atoms with Crippen molar-refractivity contribution in [1.82, 2.24) is 5.32 Å². The van der Waals surface area contributed by atoms with Crippen molar-refractivity contribution in [2.45, 2.75) is 71.8 Å². The zero-order chi connectivity index (χ0) is 15.2. The summed E-state index contributed by atoms with van der Waals surface area (Å²) < 4.78 is 0. The van der Waals surface area contributed by atoms with Crippen molar-refractivity contribution >= 4 is 0 Å². The van der Waals surface area contributed by atoms with Crippen molar-refractivity contribution in [2.24, 2.45) is 11.8 Å². The fourth-order valence-electron chi connectivity index (χ4n) is 3.84. The average Bonchev–Trinajstić information content (AvgIpc) is 2.47. The van der Waals surface area contributed by atoms with Gasteiger partial charge in [0.2, 0.25) is 0 Å². The number of rotatable bonds is 6. The van der Waals surface area contributed by atoms with Crippen molar-refractivity contribution in [3.05, 3.63) is 35.4 Å². The van der Waals surface area contributed by atoms with Gasteiger partial charge in [0.15, 0.2) is 0 Å². The molecule has 0 radical (unpaired) electrons. The first-order chi connectivity index (χ1) is 10.1. The number of benzene rings is 1. The summed E-state index contributed by atoms with van der Waals surface area (Å²) in [6.07, 6.45) is 6.96. The predicted octanol–water partition coefficient (Wildman–Crippen LogP) is 5.29. The molecule has 0 bridgehead atoms. The van der Waals surface area contributed by atoms with Crippen LogP contribution in [0.2, 0.25) is 0 Å². The van der Waals surface area contributed by atoms with Crippen LogP contribution in [0.4, 0.5) is 0 Å². The van der Waals surface area contributed by atoms with Crippen molar-refractivity contribution < 1.29 is 0 Å². The smallest absolute Gasteiger partial charge is 0.00104 e. The average molecular weight is 287 g/mol. The second-order valence-electron chi connectivity index (χ2n) is 7.31. The first kappa shape index (κ1) is 16.5. The molecule has 1 nitrogen and oxygen atoms in total. The van der Waals surface area contributed by atoms with Gasteiger partial charge in [-0.05, 0) is 49.6 Å². The highest BCUT2D eigenvalue weighted by Crippen LogP contribution is 2.42. The lowest BCUT2D eigenvalue weighted by Gasteiger charge is -2.37. The summed E-state index contributed by atoms with van der Waals surface area (Å²) >= 11 is 0. The fourth-order valence-corrected chi connectivity index (χ4v) is 3.84. The first-order valence-electron chi connectivity index (χ1n) is 8.90. The summed E-state index contributed by atoms with van der Waals surface area (Å²) in [5, 5.41) is 3.67. The van der Waals surface area contributed by atoms with Gasteiger partial charge < -0.3 is 5.32 Å². The second-order valence-corrected chi connectivity index (χ2v) is 7.31. The maximum Gasteiger partial charge on any atom is 0.00104 e. The lowest BCUT2D eigenvalue weighted by molar-refractivity contribution is 0.217. The number of hydrogen-bond donors (Lipinski definition) is 1. The largest absolute Gasteiger partial charge is 0.314 e. The topological polar surface area (TPSA) is 12.0 Å². The molecule has 118 valence electrons. The van der Waals surface area contributed by atoms with Crippen molar-refractivity contribution in [1.29, 1.82) is 0 Å². The molecule has 0 aliphatic heterocycles. The van der Waals surface area contributed by atoms with E-state index < -0.39 is 0 Å². The van der Waals surface area contributed by atoms with E-state index in [0.29, 0.717) is 6.04 Å². The standard InChI is InChI=1S/C20H33N/c1-5-6-17-9-12-19(14-21-15(2)3)20(13-17)18-10-7-16(4)8-11-18/h7-8,10-11,15,17,19-21H,5-6,9,12-14H2,1-4H3. The van der Waals surface area contributed by atoms with Gasteiger partial charge >= 0.3 is 0 Å². The molecule has 1 heteroatoms. The van der Waals surface area contributed by atoms with Gasteiger partial charge in [0.1, 0.15) is 0 Å². The maximum absolute atomic E-state index is 3.67. The number of hydrogen-bond acceptors (Lipinski definition) is 1. The van der Waals surface area contributed by atoms with E-state index in [4.69, 9.17) is 0 Å². The van der Waals surface area contributed by atoms with E-state index in [-0.39, 0.29) is 0 Å². The molecule has 0 saturated heterocycles. The normalized spacial score (nSPS) is 26.2. The first-order valence-corrected chi connectivity index (χ1v) is 8.90. The Morgan fingerprint density at radius 2 is 1.86 bits per heavy atom. The van der Waals surface area contributed by atoms with Gasteiger partial charge in [0.05, 0.1) is 0 Å². The molecule has 1 aliphatic carbocycles. The summed E-state index contributed by atoms with van der Waals surface area (Å²) in [4.78, 5) is 0. The minimum absolute atomic E-state index is 0.594. The molecular weight excluding hydrogens is 254 g/mol. The Bertz CT molecular complexity index is 406. The van der Waals surface area contributed by atoms with Gasteiger partial charge in [-0.3, -0.25) is 0 Å². The van der Waals surface area contributed by atoms with Crippen LogP contribution in [0.15, 0.2) is 24.3 Å². The van der Waals surface area contributed by atoms with Crippen LogP contribution in [0.3, 0.4) is 0 Å². The van der Waals surface area contributed by atoms with Gasteiger partial charge in [0.25, 0.3) is 0 Å². The Morgan fingerprint density at radius 1 is 1.14 bits per heavy atom. The van der Waals surface area contributed by atoms with Gasteiger partial charge in [-0.15, -0.1) is 0 Å². The molecule has 1 fully saturated rings. The number of aryl methyl sites for hydroxylation is 1. The van der Waals surface area contributed by atoms with E-state index in [2.05, 4.69) is 57.3 Å². The fraction of sp³-hybridized carbons (Fsp3) is 0.700. The minimum atomic E-state index is 0.594. The predicted molar refractivity (Wildman–Crippen MR) is 92.8 cm³/mol. The summed E-state index contributed by atoms with van der Waals surface area (Å²) in [5.41, 5.74) is 2.94. The maximum atomic E-state index is 3.67. The molecule has 1 aliphatic rings. The van der Waals surface area contributed by atoms with Gasteiger partial charge in [-0.25, -0.2) is 0 Å². The van der Waals surface area contributed by atoms with Crippen LogP contribution >= 0.6 is 0 Å². The molecule has 21 heavy (non-hydrogen) atoms. The second kappa shape index (κ2) is 7.98. The molecule has 1 saturated carbocycles. The Labute approximate surface area is 131 Å². The molecule has 0 amide bonds. The van der Waals surface area contributed by atoms with E-state index in [9.17, 15) is 0 Å². The molecule has 1 aromatic rings. The third-order valence-electron chi connectivity index (χ3n) is 5.09. The van der Waals surface area contributed by atoms with Crippen LogP contribution in [-0.4, -0.2) is 12.6 Å². The SMILES string of the molecule is CCCC1CCC(CNC(C)C)C(c2ccc(C)cc2)C1. The van der Waals surface area contributed by atoms with Gasteiger partial charge in [0, 0.05) is 6.04 Å². The summed E-state index contributed by atoms with van der Waals surface area (Å²) in [6, 6.07) is 9.90. The third-order valence-corrected chi connectivity index (χ3v) is 5.09. The van der Waals surface area contributed by atoms with Crippen molar-refractivity contribution in [2.75, 3.05) is 6.54 Å². The minimum Gasteiger partial charge on any atom is -0.314 e. The van der Waals surface area contributed by atoms with Crippen LogP contribution in [0, 0.1) is 18.8 Å². The van der Waals surface area contributed by atoms with Crippen molar-refractivity contribution in [3.63, 3.8) is 0 Å². The molecule has 0 aromatic heterocycles. The highest BCUT2D eigenvalue weighted by Gasteiger charge is 2.30. The van der Waals surface area contributed by atoms with Gasteiger partial charge in [-0.1, -0.05) is 69.9 Å². The zero-order valence-electron chi connectivity index (χ0n) is 14.4. The molecule has 3 unspecified atom stereocenters. The van der Waals surface area contributed by atoms with Crippen molar-refractivity contribution in [3.8, 4) is 0 Å². The van der Waals surface area contributed by atoms with Crippen LogP contribution in [-0.2, 0) is 0 Å². The van der Waals surface area contributed by atoms with Crippen LogP contribution in [0.1, 0.15) is 69.9 Å². The molecular formula is C20H33N. The Morgan fingerprint density at radius 3 is 2.48 bits per heavy atom. The monoisotopic (exact) mass is 287 g/mol. The zero-order valence-corrected chi connectivity index (χ0v) is 14.4. The molecule has 0 spiro atoms. The Balaban J connectivity index is 2.09. The molecule has 3 atom stereocenters. The van der Waals surface area contributed by atoms with Crippen LogP contribution < -0.4 is 5.32 Å². The van der Waals surface area contributed by atoms with E-state index >= 15 is 0 Å². The quantitative estimate of drug-likeness (QED) is 0.749.